The van der Waals surface area contributed by atoms with Crippen molar-refractivity contribution >= 4 is 35.6 Å². The maximum atomic E-state index is 12.9. The van der Waals surface area contributed by atoms with Crippen LogP contribution in [0.5, 0.6) is 0 Å². The van der Waals surface area contributed by atoms with Gasteiger partial charge in [-0.2, -0.15) is 0 Å². The van der Waals surface area contributed by atoms with Crippen LogP contribution in [0.1, 0.15) is 134 Å². The van der Waals surface area contributed by atoms with E-state index < -0.39 is 52.6 Å². The van der Waals surface area contributed by atoms with Gasteiger partial charge in [0.25, 0.3) is 0 Å². The van der Waals surface area contributed by atoms with E-state index in [1.54, 1.807) is 6.92 Å². The quantitative estimate of drug-likeness (QED) is 0.0333. The van der Waals surface area contributed by atoms with Gasteiger partial charge < -0.3 is 42.6 Å². The Morgan fingerprint density at radius 1 is 0.594 bits per heavy atom. The van der Waals surface area contributed by atoms with Gasteiger partial charge >= 0.3 is 29.8 Å². The second-order valence-electron chi connectivity index (χ2n) is 19.0. The van der Waals surface area contributed by atoms with E-state index in [2.05, 4.69) is 13.2 Å². The highest BCUT2D eigenvalue weighted by atomic mass is 16.7. The van der Waals surface area contributed by atoms with Crippen LogP contribution in [0.15, 0.2) is 25.3 Å². The zero-order valence-corrected chi connectivity index (χ0v) is 41.2. The zero-order valence-electron chi connectivity index (χ0n) is 41.2. The molecule has 0 aromatic rings. The first-order valence-electron chi connectivity index (χ1n) is 23.1. The largest absolute Gasteiger partial charge is 0.465 e. The van der Waals surface area contributed by atoms with E-state index in [1.807, 2.05) is 76.2 Å². The normalized spacial score (nSPS) is 23.1. The molecule has 0 amide bonds. The smallest absolute Gasteiger partial charge is 0.330 e. The van der Waals surface area contributed by atoms with Gasteiger partial charge in [-0.25, -0.2) is 9.59 Å². The molecule has 2 saturated heterocycles. The molecule has 0 spiro atoms. The van der Waals surface area contributed by atoms with Gasteiger partial charge in [-0.3, -0.25) is 19.2 Å². The molecule has 0 bridgehead atoms. The summed E-state index contributed by atoms with van der Waals surface area (Å²) in [6, 6.07) is 0. The van der Waals surface area contributed by atoms with Crippen LogP contribution in [-0.4, -0.2) is 108 Å². The number of esters is 5. The molecule has 368 valence electrons. The molecule has 4 atom stereocenters. The first-order chi connectivity index (χ1) is 30.0. The third-order valence-corrected chi connectivity index (χ3v) is 12.3. The summed E-state index contributed by atoms with van der Waals surface area (Å²) in [7, 11) is 0. The van der Waals surface area contributed by atoms with E-state index in [1.165, 1.54) is 0 Å². The molecular weight excluding hydrogens is 829 g/mol. The van der Waals surface area contributed by atoms with Crippen LogP contribution < -0.4 is 0 Å². The molecule has 0 aromatic heterocycles. The van der Waals surface area contributed by atoms with Crippen molar-refractivity contribution in [1.29, 1.82) is 0 Å². The summed E-state index contributed by atoms with van der Waals surface area (Å²) in [6.45, 7) is 32.1. The summed E-state index contributed by atoms with van der Waals surface area (Å²) in [4.78, 5) is 71.9. The molecule has 0 saturated carbocycles. The third-order valence-electron chi connectivity index (χ3n) is 12.3. The molecule has 64 heavy (non-hydrogen) atoms. The highest BCUT2D eigenvalue weighted by Crippen LogP contribution is 2.37. The van der Waals surface area contributed by atoms with E-state index in [0.717, 1.165) is 31.4 Å². The van der Waals surface area contributed by atoms with Gasteiger partial charge in [-0.15, -0.1) is 0 Å². The number of carbonyl (C=O) groups excluding carboxylic acids is 6. The standard InChI is InChI=1S/C32H56O9.C17H26O6/c1-10-22(5)26(33)15-14-16-37-29(36)25(12-3)17-24(7)28(35)39-19-32(13-4)20-40-30(41-21-32)31(8,9)18-38-27(34)23(6)11-2;1-6-13(18)20-9-16(4,5)15-22-11-17(8-3,12-23-15)10-21-14(19)7-2/h22-25,30H,10-21H2,1-9H3;6-7,15H,1-2,8-12H2,3-5H3. The summed E-state index contributed by atoms with van der Waals surface area (Å²) in [5.74, 6) is -2.72. The minimum absolute atomic E-state index is 0.0266. The Bertz CT molecular complexity index is 1490. The van der Waals surface area contributed by atoms with Gasteiger partial charge in [0.05, 0.1) is 61.6 Å². The molecule has 2 heterocycles. The van der Waals surface area contributed by atoms with Crippen LogP contribution in [0.25, 0.3) is 0 Å². The second-order valence-corrected chi connectivity index (χ2v) is 19.0. The number of rotatable bonds is 27. The Labute approximate surface area is 383 Å². The minimum Gasteiger partial charge on any atom is -0.465 e. The first kappa shape index (κ1) is 58.4. The number of Topliss-reactive ketones (excluding diaryl/α,β-unsaturated/α-hetero) is 1. The highest BCUT2D eigenvalue weighted by Gasteiger charge is 2.44. The molecule has 15 nitrogen and oxygen atoms in total. The van der Waals surface area contributed by atoms with Gasteiger partial charge in [-0.1, -0.05) is 96.2 Å². The maximum Gasteiger partial charge on any atom is 0.330 e. The maximum absolute atomic E-state index is 12.9. The van der Waals surface area contributed by atoms with Crippen molar-refractivity contribution in [2.24, 2.45) is 45.3 Å². The third kappa shape index (κ3) is 19.4. The van der Waals surface area contributed by atoms with Crippen molar-refractivity contribution in [2.75, 3.05) is 59.5 Å². The summed E-state index contributed by atoms with van der Waals surface area (Å²) in [5.41, 5.74) is -1.90. The first-order valence-corrected chi connectivity index (χ1v) is 23.1. The Morgan fingerprint density at radius 3 is 1.47 bits per heavy atom. The van der Waals surface area contributed by atoms with Crippen LogP contribution >= 0.6 is 0 Å². The van der Waals surface area contributed by atoms with E-state index >= 15 is 0 Å². The lowest BCUT2D eigenvalue weighted by atomic mass is 9.85. The predicted molar refractivity (Wildman–Crippen MR) is 240 cm³/mol. The molecule has 2 aliphatic heterocycles. The number of hydrogen-bond donors (Lipinski definition) is 0. The van der Waals surface area contributed by atoms with Crippen LogP contribution in [0.3, 0.4) is 0 Å². The van der Waals surface area contributed by atoms with Crippen molar-refractivity contribution in [3.63, 3.8) is 0 Å². The fraction of sp³-hybridized carbons (Fsp3) is 0.796. The van der Waals surface area contributed by atoms with Crippen LogP contribution in [0.4, 0.5) is 0 Å². The van der Waals surface area contributed by atoms with Crippen LogP contribution in [0, 0.1) is 45.3 Å². The van der Waals surface area contributed by atoms with Gasteiger partial charge in [0.15, 0.2) is 12.6 Å². The van der Waals surface area contributed by atoms with E-state index in [-0.39, 0.29) is 74.0 Å². The minimum atomic E-state index is -0.550. The van der Waals surface area contributed by atoms with Gasteiger partial charge in [0.1, 0.15) is 32.2 Å². The molecule has 0 radical (unpaired) electrons. The van der Waals surface area contributed by atoms with Crippen molar-refractivity contribution in [3.05, 3.63) is 25.3 Å². The molecular formula is C49H82O15. The fourth-order valence-corrected chi connectivity index (χ4v) is 6.50. The lowest BCUT2D eigenvalue weighted by Crippen LogP contribution is -2.50. The summed E-state index contributed by atoms with van der Waals surface area (Å²) in [6.07, 6.45) is 5.95. The van der Waals surface area contributed by atoms with Crippen molar-refractivity contribution in [3.8, 4) is 0 Å². The van der Waals surface area contributed by atoms with Gasteiger partial charge in [0.2, 0.25) is 0 Å². The lowest BCUT2D eigenvalue weighted by Gasteiger charge is -2.43. The van der Waals surface area contributed by atoms with E-state index in [9.17, 15) is 28.8 Å². The van der Waals surface area contributed by atoms with Crippen molar-refractivity contribution < 1.29 is 71.4 Å². The summed E-state index contributed by atoms with van der Waals surface area (Å²) in [5, 5.41) is 0. The average molecular weight is 911 g/mol. The van der Waals surface area contributed by atoms with Gasteiger partial charge in [0, 0.05) is 35.3 Å². The fourth-order valence-electron chi connectivity index (χ4n) is 6.50. The average Bonchev–Trinajstić information content (AvgIpc) is 3.30. The molecule has 0 aliphatic carbocycles. The van der Waals surface area contributed by atoms with Crippen molar-refractivity contribution in [1.82, 2.24) is 0 Å². The topological polar surface area (TPSA) is 185 Å². The van der Waals surface area contributed by atoms with Crippen LogP contribution in [-0.2, 0) is 71.4 Å². The molecule has 2 fully saturated rings. The Kier molecular flexibility index (Phi) is 25.9. The Hall–Kier alpha value is -3.66. The Balaban J connectivity index is 0.000000750. The molecule has 0 aromatic carbocycles. The monoisotopic (exact) mass is 911 g/mol. The summed E-state index contributed by atoms with van der Waals surface area (Å²) < 4.78 is 50.6. The number of ether oxygens (including phenoxy) is 9. The molecule has 2 aliphatic rings. The molecule has 0 N–H and O–H groups in total. The second kappa shape index (κ2) is 28.4. The van der Waals surface area contributed by atoms with E-state index in [0.29, 0.717) is 58.5 Å². The molecule has 15 heteroatoms. The van der Waals surface area contributed by atoms with Crippen LogP contribution in [0.2, 0.25) is 0 Å². The molecule has 4 unspecified atom stereocenters. The number of ketones is 1. The van der Waals surface area contributed by atoms with Gasteiger partial charge in [-0.05, 0) is 44.9 Å². The number of carbonyl (C=O) groups is 6. The zero-order chi connectivity index (χ0) is 48.7. The van der Waals surface area contributed by atoms with E-state index in [4.69, 9.17) is 42.6 Å². The summed E-state index contributed by atoms with van der Waals surface area (Å²) >= 11 is 0. The predicted octanol–water partition coefficient (Wildman–Crippen LogP) is 8.15. The lowest BCUT2D eigenvalue weighted by molar-refractivity contribution is -0.281. The Morgan fingerprint density at radius 2 is 1.03 bits per heavy atom. The van der Waals surface area contributed by atoms with Crippen molar-refractivity contribution in [2.45, 2.75) is 147 Å². The SMILES string of the molecule is C=CC(=O)OCC1(CC)COC(C(C)(C)COC(=O)C=C)OC1.CCC(C)C(=O)CCCOC(=O)C(CC)CC(C)C(=O)OCC1(CC)COC(C(C)(C)COC(=O)C(C)CC)OC1. The highest BCUT2D eigenvalue weighted by molar-refractivity contribution is 5.82. The number of hydrogen-bond acceptors (Lipinski definition) is 15. The molecule has 2 rings (SSSR count).